The molecule has 2 aromatic carbocycles. The summed E-state index contributed by atoms with van der Waals surface area (Å²) in [7, 11) is 0. The van der Waals surface area contributed by atoms with Crippen molar-refractivity contribution in [3.8, 4) is 0 Å². The molecule has 3 aromatic rings. The van der Waals surface area contributed by atoms with Gasteiger partial charge in [-0.05, 0) is 29.7 Å². The normalized spacial score (nSPS) is 17.3. The molecule has 138 valence electrons. The number of fused-ring (bicyclic) bond motifs is 1. The lowest BCUT2D eigenvalue weighted by Crippen LogP contribution is -2.58. The van der Waals surface area contributed by atoms with Crippen molar-refractivity contribution in [2.24, 2.45) is 5.73 Å². The standard InChI is InChI=1S/C21H22N4O2/c22-21(27)24-10-11-25(20(26)15-6-2-1-3-7-15)18(14-24)13-17-12-16-8-4-5-9-19(16)23-17/h1-9,12,18,23H,10-11,13-14H2,(H2,22,27). The number of primary amides is 1. The third kappa shape index (κ3) is 3.51. The van der Waals surface area contributed by atoms with Crippen molar-refractivity contribution in [3.05, 3.63) is 71.9 Å². The molecule has 1 aliphatic heterocycles. The average molecular weight is 362 g/mol. The molecule has 3 N–H and O–H groups in total. The molecule has 1 atom stereocenters. The molecule has 6 nitrogen and oxygen atoms in total. The number of aromatic nitrogens is 1. The number of nitrogens with zero attached hydrogens (tertiary/aromatic N) is 2. The Morgan fingerprint density at radius 3 is 2.52 bits per heavy atom. The average Bonchev–Trinajstić information content (AvgIpc) is 3.10. The number of amides is 3. The minimum atomic E-state index is -0.441. The molecule has 1 saturated heterocycles. The van der Waals surface area contributed by atoms with Gasteiger partial charge in [0.15, 0.2) is 0 Å². The summed E-state index contributed by atoms with van der Waals surface area (Å²) in [6.45, 7) is 1.36. The highest BCUT2D eigenvalue weighted by Crippen LogP contribution is 2.21. The highest BCUT2D eigenvalue weighted by atomic mass is 16.2. The number of nitrogens with two attached hydrogens (primary N) is 1. The molecule has 0 bridgehead atoms. The number of hydrogen-bond acceptors (Lipinski definition) is 2. The first-order valence-corrected chi connectivity index (χ1v) is 9.09. The van der Waals surface area contributed by atoms with Crippen LogP contribution in [-0.2, 0) is 6.42 Å². The lowest BCUT2D eigenvalue weighted by molar-refractivity contribution is 0.0515. The highest BCUT2D eigenvalue weighted by Gasteiger charge is 2.32. The third-order valence-corrected chi connectivity index (χ3v) is 5.12. The van der Waals surface area contributed by atoms with Crippen molar-refractivity contribution in [3.63, 3.8) is 0 Å². The topological polar surface area (TPSA) is 82.4 Å². The van der Waals surface area contributed by atoms with Gasteiger partial charge in [-0.1, -0.05) is 36.4 Å². The van der Waals surface area contributed by atoms with E-state index in [9.17, 15) is 9.59 Å². The molecule has 1 aliphatic rings. The number of piperazine rings is 1. The summed E-state index contributed by atoms with van der Waals surface area (Å²) in [6.07, 6.45) is 0.636. The predicted octanol–water partition coefficient (Wildman–Crippen LogP) is 2.62. The summed E-state index contributed by atoms with van der Waals surface area (Å²) in [5, 5.41) is 1.14. The molecular weight excluding hydrogens is 340 g/mol. The third-order valence-electron chi connectivity index (χ3n) is 5.12. The minimum absolute atomic E-state index is 0.0131. The summed E-state index contributed by atoms with van der Waals surface area (Å²) in [5.74, 6) is -0.0131. The van der Waals surface area contributed by atoms with Crippen molar-refractivity contribution in [2.45, 2.75) is 12.5 Å². The van der Waals surface area contributed by atoms with Crippen LogP contribution in [0.2, 0.25) is 0 Å². The summed E-state index contributed by atoms with van der Waals surface area (Å²) in [5.41, 5.74) is 8.26. The van der Waals surface area contributed by atoms with Crippen LogP contribution in [0.1, 0.15) is 16.1 Å². The van der Waals surface area contributed by atoms with E-state index in [0.717, 1.165) is 16.6 Å². The van der Waals surface area contributed by atoms with Crippen LogP contribution in [-0.4, -0.2) is 52.4 Å². The second kappa shape index (κ2) is 7.15. The maximum Gasteiger partial charge on any atom is 0.314 e. The zero-order valence-electron chi connectivity index (χ0n) is 15.0. The van der Waals surface area contributed by atoms with E-state index in [-0.39, 0.29) is 11.9 Å². The van der Waals surface area contributed by atoms with Crippen molar-refractivity contribution in [1.29, 1.82) is 0 Å². The smallest absolute Gasteiger partial charge is 0.314 e. The fourth-order valence-corrected chi connectivity index (χ4v) is 3.74. The van der Waals surface area contributed by atoms with Gasteiger partial charge in [-0.3, -0.25) is 4.79 Å². The molecule has 4 rings (SSSR count). The Hall–Kier alpha value is -3.28. The first-order valence-electron chi connectivity index (χ1n) is 9.09. The van der Waals surface area contributed by atoms with E-state index in [4.69, 9.17) is 5.73 Å². The number of nitrogens with one attached hydrogen (secondary N) is 1. The number of hydrogen-bond donors (Lipinski definition) is 2. The quantitative estimate of drug-likeness (QED) is 0.751. The van der Waals surface area contributed by atoms with Crippen LogP contribution in [0.5, 0.6) is 0 Å². The van der Waals surface area contributed by atoms with Gasteiger partial charge in [0.25, 0.3) is 5.91 Å². The first kappa shape index (κ1) is 17.1. The Kier molecular flexibility index (Phi) is 4.54. The van der Waals surface area contributed by atoms with E-state index in [2.05, 4.69) is 17.1 Å². The SMILES string of the molecule is NC(=O)N1CCN(C(=O)c2ccccc2)C(Cc2cc3ccccc3[nH]2)C1. The molecule has 6 heteroatoms. The Labute approximate surface area is 157 Å². The lowest BCUT2D eigenvalue weighted by atomic mass is 10.0. The number of carbonyl (C=O) groups is 2. The van der Waals surface area contributed by atoms with Crippen LogP contribution >= 0.6 is 0 Å². The van der Waals surface area contributed by atoms with E-state index in [1.165, 1.54) is 0 Å². The number of carbonyl (C=O) groups excluding carboxylic acids is 2. The molecule has 1 aromatic heterocycles. The van der Waals surface area contributed by atoms with Gasteiger partial charge in [0.05, 0.1) is 6.04 Å². The first-order chi connectivity index (χ1) is 13.1. The molecule has 0 radical (unpaired) electrons. The van der Waals surface area contributed by atoms with Crippen LogP contribution in [0.15, 0.2) is 60.7 Å². The zero-order chi connectivity index (χ0) is 18.8. The molecular formula is C21H22N4O2. The Balaban J connectivity index is 1.61. The largest absolute Gasteiger partial charge is 0.358 e. The van der Waals surface area contributed by atoms with Crippen molar-refractivity contribution >= 4 is 22.8 Å². The number of urea groups is 1. The van der Waals surface area contributed by atoms with E-state index < -0.39 is 6.03 Å². The molecule has 2 heterocycles. The van der Waals surface area contributed by atoms with Crippen LogP contribution < -0.4 is 5.73 Å². The van der Waals surface area contributed by atoms with Gasteiger partial charge in [-0.2, -0.15) is 0 Å². The van der Waals surface area contributed by atoms with Gasteiger partial charge in [-0.15, -0.1) is 0 Å². The maximum absolute atomic E-state index is 13.0. The zero-order valence-corrected chi connectivity index (χ0v) is 15.0. The van der Waals surface area contributed by atoms with E-state index in [0.29, 0.717) is 31.6 Å². The molecule has 3 amide bonds. The minimum Gasteiger partial charge on any atom is -0.358 e. The fourth-order valence-electron chi connectivity index (χ4n) is 3.74. The van der Waals surface area contributed by atoms with Crippen LogP contribution in [0.4, 0.5) is 4.79 Å². The number of aromatic amines is 1. The van der Waals surface area contributed by atoms with Gasteiger partial charge in [0.2, 0.25) is 0 Å². The van der Waals surface area contributed by atoms with Crippen LogP contribution in [0, 0.1) is 0 Å². The Bertz CT molecular complexity index is 933. The van der Waals surface area contributed by atoms with Crippen LogP contribution in [0.3, 0.4) is 0 Å². The number of H-pyrrole nitrogens is 1. The van der Waals surface area contributed by atoms with Crippen molar-refractivity contribution in [2.75, 3.05) is 19.6 Å². The summed E-state index contributed by atoms with van der Waals surface area (Å²) < 4.78 is 0. The summed E-state index contributed by atoms with van der Waals surface area (Å²) >= 11 is 0. The van der Waals surface area contributed by atoms with Gasteiger partial charge < -0.3 is 20.5 Å². The maximum atomic E-state index is 13.0. The van der Waals surface area contributed by atoms with Gasteiger partial charge in [0.1, 0.15) is 0 Å². The lowest BCUT2D eigenvalue weighted by Gasteiger charge is -2.40. The van der Waals surface area contributed by atoms with Gasteiger partial charge >= 0.3 is 6.03 Å². The molecule has 1 unspecified atom stereocenters. The Morgan fingerprint density at radius 1 is 1.04 bits per heavy atom. The van der Waals surface area contributed by atoms with Gasteiger partial charge in [0, 0.05) is 42.8 Å². The summed E-state index contributed by atoms with van der Waals surface area (Å²) in [6, 6.07) is 18.9. The molecule has 0 saturated carbocycles. The second-order valence-electron chi connectivity index (χ2n) is 6.89. The number of rotatable bonds is 3. The molecule has 1 fully saturated rings. The predicted molar refractivity (Wildman–Crippen MR) is 104 cm³/mol. The monoisotopic (exact) mass is 362 g/mol. The van der Waals surface area contributed by atoms with Crippen LogP contribution in [0.25, 0.3) is 10.9 Å². The van der Waals surface area contributed by atoms with E-state index >= 15 is 0 Å². The van der Waals surface area contributed by atoms with Gasteiger partial charge in [-0.25, -0.2) is 4.79 Å². The highest BCUT2D eigenvalue weighted by molar-refractivity contribution is 5.94. The van der Waals surface area contributed by atoms with E-state index in [1.807, 2.05) is 53.4 Å². The van der Waals surface area contributed by atoms with Crippen molar-refractivity contribution in [1.82, 2.24) is 14.8 Å². The van der Waals surface area contributed by atoms with E-state index in [1.54, 1.807) is 4.90 Å². The molecule has 27 heavy (non-hydrogen) atoms. The number of benzene rings is 2. The molecule has 0 spiro atoms. The number of para-hydroxylation sites is 1. The fraction of sp³-hybridized carbons (Fsp3) is 0.238. The summed E-state index contributed by atoms with van der Waals surface area (Å²) in [4.78, 5) is 31.6. The van der Waals surface area contributed by atoms with Crippen molar-refractivity contribution < 1.29 is 9.59 Å². The second-order valence-corrected chi connectivity index (χ2v) is 6.89. The Morgan fingerprint density at radius 2 is 1.78 bits per heavy atom. The molecule has 0 aliphatic carbocycles.